The summed E-state index contributed by atoms with van der Waals surface area (Å²) < 4.78 is 51.2. The van der Waals surface area contributed by atoms with E-state index in [2.05, 4.69) is 25.5 Å². The van der Waals surface area contributed by atoms with Crippen molar-refractivity contribution in [1.82, 2.24) is 20.2 Å². The summed E-state index contributed by atoms with van der Waals surface area (Å²) in [5.74, 6) is -0.830. The highest BCUT2D eigenvalue weighted by atomic mass is 19.4. The number of alkyl halides is 3. The van der Waals surface area contributed by atoms with E-state index in [0.29, 0.717) is 25.9 Å². The molecule has 2 amide bonds. The normalized spacial score (nSPS) is 16.4. The molecule has 2 aliphatic rings. The highest BCUT2D eigenvalue weighted by molar-refractivity contribution is 5.91. The zero-order chi connectivity index (χ0) is 25.3. The van der Waals surface area contributed by atoms with Crippen LogP contribution in [-0.2, 0) is 17.5 Å². The number of benzene rings is 1. The van der Waals surface area contributed by atoms with E-state index in [4.69, 9.17) is 9.47 Å². The zero-order valence-electron chi connectivity index (χ0n) is 18.7. The van der Waals surface area contributed by atoms with E-state index in [-0.39, 0.29) is 24.4 Å². The summed E-state index contributed by atoms with van der Waals surface area (Å²) >= 11 is 0. The fourth-order valence-corrected chi connectivity index (χ4v) is 4.20. The Bertz CT molecular complexity index is 1260. The SMILES string of the molecule is O=C(Nc1ccn[nH]1)Oc1cnc(N2CCC(N3C(=O)OCc4ccccc43)CC2)nc1C(F)(F)F. The van der Waals surface area contributed by atoms with E-state index in [1.807, 2.05) is 24.3 Å². The average Bonchev–Trinajstić information content (AvgIpc) is 3.37. The lowest BCUT2D eigenvalue weighted by Gasteiger charge is -2.40. The number of aromatic nitrogens is 4. The number of anilines is 3. The molecule has 11 nitrogen and oxygen atoms in total. The third-order valence-corrected chi connectivity index (χ3v) is 5.86. The number of halogens is 3. The molecule has 1 aromatic carbocycles. The van der Waals surface area contributed by atoms with Crippen LogP contribution in [0.25, 0.3) is 0 Å². The van der Waals surface area contributed by atoms with Crippen molar-refractivity contribution in [3.63, 3.8) is 0 Å². The molecule has 2 N–H and O–H groups in total. The summed E-state index contributed by atoms with van der Waals surface area (Å²) in [5, 5.41) is 8.27. The molecule has 0 saturated carbocycles. The number of cyclic esters (lactones) is 1. The van der Waals surface area contributed by atoms with Gasteiger partial charge in [-0.1, -0.05) is 18.2 Å². The molecule has 1 saturated heterocycles. The first kappa shape index (κ1) is 23.4. The van der Waals surface area contributed by atoms with Crippen molar-refractivity contribution >= 4 is 29.6 Å². The molecule has 0 unspecified atom stereocenters. The number of rotatable bonds is 4. The molecule has 3 aromatic rings. The lowest BCUT2D eigenvalue weighted by molar-refractivity contribution is -0.142. The van der Waals surface area contributed by atoms with Crippen molar-refractivity contribution in [2.24, 2.45) is 0 Å². The fourth-order valence-electron chi connectivity index (χ4n) is 4.20. The predicted molar refractivity (Wildman–Crippen MR) is 120 cm³/mol. The Morgan fingerprint density at radius 2 is 1.97 bits per heavy atom. The molecule has 1 fully saturated rings. The summed E-state index contributed by atoms with van der Waals surface area (Å²) in [4.78, 5) is 35.3. The molecule has 188 valence electrons. The number of carbonyl (C=O) groups is 2. The average molecular weight is 503 g/mol. The second-order valence-electron chi connectivity index (χ2n) is 8.14. The Morgan fingerprint density at radius 1 is 1.19 bits per heavy atom. The number of para-hydroxylation sites is 1. The van der Waals surface area contributed by atoms with Crippen LogP contribution in [0.1, 0.15) is 24.1 Å². The van der Waals surface area contributed by atoms with Crippen molar-refractivity contribution in [3.05, 3.63) is 54.0 Å². The molecule has 0 spiro atoms. The summed E-state index contributed by atoms with van der Waals surface area (Å²) in [5.41, 5.74) is 0.297. The van der Waals surface area contributed by atoms with Gasteiger partial charge < -0.3 is 14.4 Å². The largest absolute Gasteiger partial charge is 0.444 e. The first-order chi connectivity index (χ1) is 17.3. The van der Waals surface area contributed by atoms with E-state index in [1.165, 1.54) is 12.3 Å². The maximum absolute atomic E-state index is 13.7. The van der Waals surface area contributed by atoms with Gasteiger partial charge in [-0.3, -0.25) is 15.3 Å². The van der Waals surface area contributed by atoms with Crippen molar-refractivity contribution in [2.45, 2.75) is 31.7 Å². The van der Waals surface area contributed by atoms with Crippen LogP contribution in [-0.4, -0.2) is 51.5 Å². The molecule has 0 aliphatic carbocycles. The number of nitrogens with zero attached hydrogens (tertiary/aromatic N) is 5. The number of H-pyrrole nitrogens is 1. The summed E-state index contributed by atoms with van der Waals surface area (Å²) in [6.07, 6.45) is -3.38. The second-order valence-corrected chi connectivity index (χ2v) is 8.14. The molecular formula is C22H20F3N7O4. The Morgan fingerprint density at radius 3 is 2.69 bits per heavy atom. The number of hydrogen-bond donors (Lipinski definition) is 2. The molecule has 0 atom stereocenters. The Hall–Kier alpha value is -4.36. The van der Waals surface area contributed by atoms with Crippen LogP contribution in [0.3, 0.4) is 0 Å². The lowest BCUT2D eigenvalue weighted by Crippen LogP contribution is -2.49. The summed E-state index contributed by atoms with van der Waals surface area (Å²) in [6, 6.07) is 8.65. The smallest absolute Gasteiger partial charge is 0.437 e. The first-order valence-corrected chi connectivity index (χ1v) is 11.0. The van der Waals surface area contributed by atoms with Gasteiger partial charge in [0, 0.05) is 30.8 Å². The monoisotopic (exact) mass is 503 g/mol. The maximum Gasteiger partial charge on any atom is 0.437 e. The molecule has 0 bridgehead atoms. The zero-order valence-corrected chi connectivity index (χ0v) is 18.7. The number of amides is 2. The minimum atomic E-state index is -4.89. The molecule has 4 heterocycles. The molecule has 2 aromatic heterocycles. The van der Waals surface area contributed by atoms with Gasteiger partial charge in [0.25, 0.3) is 0 Å². The number of hydrogen-bond acceptors (Lipinski definition) is 8. The van der Waals surface area contributed by atoms with Gasteiger partial charge in [-0.15, -0.1) is 0 Å². The molecule has 0 radical (unpaired) electrons. The van der Waals surface area contributed by atoms with Gasteiger partial charge in [0.15, 0.2) is 11.4 Å². The minimum Gasteiger partial charge on any atom is -0.444 e. The van der Waals surface area contributed by atoms with E-state index >= 15 is 0 Å². The Labute approximate surface area is 202 Å². The molecule has 2 aliphatic heterocycles. The van der Waals surface area contributed by atoms with Gasteiger partial charge in [0.2, 0.25) is 5.95 Å². The van der Waals surface area contributed by atoms with Crippen LogP contribution in [0.4, 0.5) is 40.2 Å². The summed E-state index contributed by atoms with van der Waals surface area (Å²) in [7, 11) is 0. The van der Waals surface area contributed by atoms with Gasteiger partial charge in [-0.25, -0.2) is 19.6 Å². The number of fused-ring (bicyclic) bond motifs is 1. The van der Waals surface area contributed by atoms with Crippen LogP contribution < -0.4 is 19.9 Å². The topological polar surface area (TPSA) is 126 Å². The molecular weight excluding hydrogens is 483 g/mol. The number of carbonyl (C=O) groups excluding carboxylic acids is 2. The summed E-state index contributed by atoms with van der Waals surface area (Å²) in [6.45, 7) is 0.829. The van der Waals surface area contributed by atoms with E-state index in [9.17, 15) is 22.8 Å². The predicted octanol–water partition coefficient (Wildman–Crippen LogP) is 3.96. The molecule has 5 rings (SSSR count). The van der Waals surface area contributed by atoms with Crippen LogP contribution in [0.15, 0.2) is 42.7 Å². The number of aromatic amines is 1. The fraction of sp³-hybridized carbons (Fsp3) is 0.318. The Kier molecular flexibility index (Phi) is 6.08. The Balaban J connectivity index is 1.30. The minimum absolute atomic E-state index is 0.147. The van der Waals surface area contributed by atoms with Crippen molar-refractivity contribution in [3.8, 4) is 5.75 Å². The van der Waals surface area contributed by atoms with Crippen LogP contribution >= 0.6 is 0 Å². The van der Waals surface area contributed by atoms with Gasteiger partial charge in [-0.05, 0) is 18.9 Å². The van der Waals surface area contributed by atoms with E-state index in [1.54, 1.807) is 9.80 Å². The van der Waals surface area contributed by atoms with Crippen molar-refractivity contribution in [2.75, 3.05) is 28.2 Å². The highest BCUT2D eigenvalue weighted by Gasteiger charge is 2.39. The van der Waals surface area contributed by atoms with Crippen molar-refractivity contribution in [1.29, 1.82) is 0 Å². The number of ether oxygens (including phenoxy) is 2. The quantitative estimate of drug-likeness (QED) is 0.548. The maximum atomic E-state index is 13.7. The van der Waals surface area contributed by atoms with E-state index < -0.39 is 29.8 Å². The van der Waals surface area contributed by atoms with Crippen LogP contribution in [0.2, 0.25) is 0 Å². The molecule has 14 heteroatoms. The van der Waals surface area contributed by atoms with Crippen LogP contribution in [0, 0.1) is 0 Å². The standard InChI is InChI=1S/C22H20F3N7O4/c23-22(24,25)18-16(36-20(33)28-17-5-8-27-30-17)11-26-19(29-18)31-9-6-14(7-10-31)32-15-4-2-1-3-13(15)12-35-21(32)34/h1-5,8,11,14H,6-7,9-10,12H2,(H2,27,28,30,33). The number of piperidine rings is 1. The number of nitrogens with one attached hydrogen (secondary N) is 2. The molecule has 36 heavy (non-hydrogen) atoms. The van der Waals surface area contributed by atoms with Gasteiger partial charge in [-0.2, -0.15) is 18.3 Å². The van der Waals surface area contributed by atoms with Crippen LogP contribution in [0.5, 0.6) is 5.75 Å². The third kappa shape index (κ3) is 4.74. The lowest BCUT2D eigenvalue weighted by atomic mass is 10.0. The first-order valence-electron chi connectivity index (χ1n) is 11.0. The van der Waals surface area contributed by atoms with Gasteiger partial charge in [0.1, 0.15) is 12.4 Å². The third-order valence-electron chi connectivity index (χ3n) is 5.86. The van der Waals surface area contributed by atoms with Gasteiger partial charge >= 0.3 is 18.4 Å². The van der Waals surface area contributed by atoms with Gasteiger partial charge in [0.05, 0.1) is 18.1 Å². The van der Waals surface area contributed by atoms with Crippen molar-refractivity contribution < 1.29 is 32.2 Å². The highest BCUT2D eigenvalue weighted by Crippen LogP contribution is 2.36. The second kappa shape index (κ2) is 9.36. The van der Waals surface area contributed by atoms with E-state index in [0.717, 1.165) is 17.4 Å².